The third-order valence-electron chi connectivity index (χ3n) is 3.45. The van der Waals surface area contributed by atoms with Gasteiger partial charge in [-0.3, -0.25) is 0 Å². The zero-order valence-corrected chi connectivity index (χ0v) is 12.5. The maximum absolute atomic E-state index is 5.79. The van der Waals surface area contributed by atoms with E-state index in [1.54, 1.807) is 20.3 Å². The van der Waals surface area contributed by atoms with Crippen molar-refractivity contribution in [1.82, 2.24) is 9.97 Å². The largest absolute Gasteiger partial charge is 0.481 e. The molecule has 6 heteroatoms. The van der Waals surface area contributed by atoms with Crippen LogP contribution in [0.15, 0.2) is 6.07 Å². The van der Waals surface area contributed by atoms with Gasteiger partial charge < -0.3 is 19.1 Å². The van der Waals surface area contributed by atoms with Gasteiger partial charge in [0.1, 0.15) is 0 Å². The molecular formula is C14H23N3O3. The zero-order valence-electron chi connectivity index (χ0n) is 12.5. The fourth-order valence-electron chi connectivity index (χ4n) is 2.29. The van der Waals surface area contributed by atoms with E-state index in [9.17, 15) is 0 Å². The monoisotopic (exact) mass is 281 g/mol. The van der Waals surface area contributed by atoms with E-state index < -0.39 is 0 Å². The lowest BCUT2D eigenvalue weighted by molar-refractivity contribution is 0.0209. The molecule has 0 spiro atoms. The molecular weight excluding hydrogens is 258 g/mol. The normalized spacial score (nSPS) is 18.6. The zero-order chi connectivity index (χ0) is 14.4. The predicted octanol–water partition coefficient (Wildman–Crippen LogP) is 1.89. The Morgan fingerprint density at radius 1 is 1.25 bits per heavy atom. The number of aromatic nitrogens is 2. The molecule has 1 saturated heterocycles. The molecule has 0 saturated carbocycles. The van der Waals surface area contributed by atoms with E-state index in [0.717, 1.165) is 32.5 Å². The number of nitrogens with zero attached hydrogens (tertiary/aromatic N) is 3. The minimum absolute atomic E-state index is 0.254. The number of anilines is 1. The van der Waals surface area contributed by atoms with E-state index in [4.69, 9.17) is 14.2 Å². The minimum atomic E-state index is 0.254. The van der Waals surface area contributed by atoms with Crippen molar-refractivity contribution in [2.24, 2.45) is 0 Å². The highest BCUT2D eigenvalue weighted by atomic mass is 16.5. The van der Waals surface area contributed by atoms with Gasteiger partial charge in [-0.2, -0.15) is 9.97 Å². The molecule has 1 aromatic rings. The first-order chi connectivity index (χ1) is 9.76. The van der Waals surface area contributed by atoms with Gasteiger partial charge in [-0.05, 0) is 26.2 Å². The van der Waals surface area contributed by atoms with Crippen LogP contribution in [0.5, 0.6) is 11.8 Å². The average Bonchev–Trinajstić information content (AvgIpc) is 2.53. The number of rotatable bonds is 6. The average molecular weight is 281 g/mol. The van der Waals surface area contributed by atoms with E-state index in [1.807, 2.05) is 0 Å². The molecule has 1 aliphatic rings. The molecule has 1 fully saturated rings. The van der Waals surface area contributed by atoms with Crippen molar-refractivity contribution in [2.45, 2.75) is 32.3 Å². The highest BCUT2D eigenvalue weighted by Gasteiger charge is 2.19. The molecule has 0 amide bonds. The van der Waals surface area contributed by atoms with Crippen molar-refractivity contribution in [3.63, 3.8) is 0 Å². The second-order valence-corrected chi connectivity index (χ2v) is 4.78. The summed E-state index contributed by atoms with van der Waals surface area (Å²) in [5.41, 5.74) is 0. The molecule has 112 valence electrons. The lowest BCUT2D eigenvalue weighted by atomic mass is 10.1. The second-order valence-electron chi connectivity index (χ2n) is 4.78. The molecule has 1 aromatic heterocycles. The van der Waals surface area contributed by atoms with Crippen LogP contribution in [-0.2, 0) is 4.74 Å². The van der Waals surface area contributed by atoms with Crippen LogP contribution in [0.3, 0.4) is 0 Å². The van der Waals surface area contributed by atoms with Crippen molar-refractivity contribution < 1.29 is 14.2 Å². The fraction of sp³-hybridized carbons (Fsp3) is 0.714. The van der Waals surface area contributed by atoms with Crippen molar-refractivity contribution in [1.29, 1.82) is 0 Å². The lowest BCUT2D eigenvalue weighted by Gasteiger charge is -2.29. The van der Waals surface area contributed by atoms with Crippen LogP contribution in [0.25, 0.3) is 0 Å². The van der Waals surface area contributed by atoms with Gasteiger partial charge in [0.2, 0.25) is 17.7 Å². The third kappa shape index (κ3) is 3.72. The summed E-state index contributed by atoms with van der Waals surface area (Å²) in [4.78, 5) is 10.9. The van der Waals surface area contributed by atoms with Gasteiger partial charge in [0, 0.05) is 19.7 Å². The summed E-state index contributed by atoms with van der Waals surface area (Å²) < 4.78 is 16.2. The van der Waals surface area contributed by atoms with Crippen molar-refractivity contribution >= 4 is 5.95 Å². The Morgan fingerprint density at radius 2 is 1.95 bits per heavy atom. The van der Waals surface area contributed by atoms with Crippen LogP contribution in [0.4, 0.5) is 5.95 Å². The number of hydrogen-bond donors (Lipinski definition) is 0. The van der Waals surface area contributed by atoms with Crippen LogP contribution >= 0.6 is 0 Å². The predicted molar refractivity (Wildman–Crippen MR) is 76.6 cm³/mol. The minimum Gasteiger partial charge on any atom is -0.481 e. The first-order valence-corrected chi connectivity index (χ1v) is 7.10. The summed E-state index contributed by atoms with van der Waals surface area (Å²) in [6.45, 7) is 4.55. The molecule has 0 radical (unpaired) electrons. The SMILES string of the molecule is CCN(CC1CCCCO1)c1nc(OC)cc(OC)n1. The van der Waals surface area contributed by atoms with Gasteiger partial charge >= 0.3 is 0 Å². The summed E-state index contributed by atoms with van der Waals surface area (Å²) in [7, 11) is 3.18. The Labute approximate surface area is 120 Å². The number of ether oxygens (including phenoxy) is 3. The van der Waals surface area contributed by atoms with Crippen LogP contribution in [-0.4, -0.2) is 50.0 Å². The fourth-order valence-corrected chi connectivity index (χ4v) is 2.29. The van der Waals surface area contributed by atoms with Crippen molar-refractivity contribution in [3.05, 3.63) is 6.07 Å². The molecule has 6 nitrogen and oxygen atoms in total. The Balaban J connectivity index is 2.12. The lowest BCUT2D eigenvalue weighted by Crippen LogP contribution is -2.36. The Morgan fingerprint density at radius 3 is 2.45 bits per heavy atom. The number of hydrogen-bond acceptors (Lipinski definition) is 6. The van der Waals surface area contributed by atoms with Crippen molar-refractivity contribution in [2.75, 3.05) is 38.8 Å². The molecule has 1 aliphatic heterocycles. The van der Waals surface area contributed by atoms with Gasteiger partial charge in [-0.25, -0.2) is 0 Å². The van der Waals surface area contributed by atoms with E-state index in [-0.39, 0.29) is 6.10 Å². The maximum atomic E-state index is 5.79. The summed E-state index contributed by atoms with van der Waals surface area (Å²) >= 11 is 0. The Kier molecular flexibility index (Phi) is 5.40. The molecule has 0 N–H and O–H groups in total. The van der Waals surface area contributed by atoms with Gasteiger partial charge in [-0.1, -0.05) is 0 Å². The smallest absolute Gasteiger partial charge is 0.232 e. The summed E-state index contributed by atoms with van der Waals surface area (Å²) in [5.74, 6) is 1.64. The van der Waals surface area contributed by atoms with Crippen LogP contribution in [0, 0.1) is 0 Å². The Hall–Kier alpha value is -1.56. The standard InChI is InChI=1S/C14H23N3O3/c1-4-17(10-11-7-5-6-8-20-11)14-15-12(18-2)9-13(16-14)19-3/h9,11H,4-8,10H2,1-3H3. The van der Waals surface area contributed by atoms with E-state index in [1.165, 1.54) is 6.42 Å². The van der Waals surface area contributed by atoms with Gasteiger partial charge in [-0.15, -0.1) is 0 Å². The third-order valence-corrected chi connectivity index (χ3v) is 3.45. The topological polar surface area (TPSA) is 56.7 Å². The summed E-state index contributed by atoms with van der Waals surface area (Å²) in [6.07, 6.45) is 3.73. The maximum Gasteiger partial charge on any atom is 0.232 e. The summed E-state index contributed by atoms with van der Waals surface area (Å²) in [5, 5.41) is 0. The highest BCUT2D eigenvalue weighted by Crippen LogP contribution is 2.22. The number of methoxy groups -OCH3 is 2. The van der Waals surface area contributed by atoms with Gasteiger partial charge in [0.25, 0.3) is 0 Å². The first kappa shape index (κ1) is 14.8. The van der Waals surface area contributed by atoms with Crippen LogP contribution < -0.4 is 14.4 Å². The molecule has 1 atom stereocenters. The van der Waals surface area contributed by atoms with E-state index in [2.05, 4.69) is 21.8 Å². The van der Waals surface area contributed by atoms with E-state index >= 15 is 0 Å². The van der Waals surface area contributed by atoms with Gasteiger partial charge in [0.05, 0.1) is 26.4 Å². The van der Waals surface area contributed by atoms with Crippen LogP contribution in [0.1, 0.15) is 26.2 Å². The molecule has 0 aromatic carbocycles. The Bertz CT molecular complexity index is 400. The van der Waals surface area contributed by atoms with E-state index in [0.29, 0.717) is 17.7 Å². The molecule has 0 bridgehead atoms. The molecule has 0 aliphatic carbocycles. The highest BCUT2D eigenvalue weighted by molar-refractivity contribution is 5.36. The van der Waals surface area contributed by atoms with Crippen LogP contribution in [0.2, 0.25) is 0 Å². The molecule has 20 heavy (non-hydrogen) atoms. The second kappa shape index (κ2) is 7.28. The van der Waals surface area contributed by atoms with Crippen molar-refractivity contribution in [3.8, 4) is 11.8 Å². The molecule has 2 heterocycles. The van der Waals surface area contributed by atoms with Gasteiger partial charge in [0.15, 0.2) is 0 Å². The molecule has 1 unspecified atom stereocenters. The quantitative estimate of drug-likeness (QED) is 0.793. The summed E-state index contributed by atoms with van der Waals surface area (Å²) in [6, 6.07) is 1.68. The first-order valence-electron chi connectivity index (χ1n) is 7.10. The molecule has 2 rings (SSSR count). The number of likely N-dealkylation sites (N-methyl/N-ethyl adjacent to an activating group) is 1.